The van der Waals surface area contributed by atoms with E-state index in [2.05, 4.69) is 29.8 Å². The lowest BCUT2D eigenvalue weighted by molar-refractivity contribution is -0.148. The number of oxime groups is 1. The van der Waals surface area contributed by atoms with E-state index in [1.54, 1.807) is 0 Å². The van der Waals surface area contributed by atoms with Gasteiger partial charge >= 0.3 is 11.9 Å². The van der Waals surface area contributed by atoms with Crippen molar-refractivity contribution in [2.24, 2.45) is 33.7 Å². The fourth-order valence-corrected chi connectivity index (χ4v) is 6.81. The number of nitrogens with zero attached hydrogens (tertiary/aromatic N) is 1. The molecule has 0 aromatic rings. The molecule has 0 aliphatic heterocycles. The molecule has 0 aromatic carbocycles. The molecule has 4 rings (SSSR count). The molecule has 0 amide bonds. The second-order valence-electron chi connectivity index (χ2n) is 10.1. The van der Waals surface area contributed by atoms with Crippen molar-refractivity contribution in [3.63, 3.8) is 0 Å². The van der Waals surface area contributed by atoms with Crippen LogP contribution in [0, 0.1) is 28.6 Å². The number of Topliss-reactive ketones (excluding diaryl/α,β-unsaturated/α-hetero) is 1. The Morgan fingerprint density at radius 2 is 1.84 bits per heavy atom. The van der Waals surface area contributed by atoms with Gasteiger partial charge in [0, 0.05) is 31.1 Å². The predicted molar refractivity (Wildman–Crippen MR) is 113 cm³/mol. The van der Waals surface area contributed by atoms with Gasteiger partial charge in [-0.05, 0) is 55.4 Å². The SMILES string of the molecule is COC(=O)CO/N=C1/C=C2C[C@@H](OC(C)=O)CC[C@]2(C)C2CC[C@]3(C)C(=O)CCC3C12. The third-order valence-corrected chi connectivity index (χ3v) is 8.54. The zero-order valence-electron chi connectivity index (χ0n) is 18.9. The molecule has 3 fully saturated rings. The van der Waals surface area contributed by atoms with E-state index in [1.807, 2.05) is 0 Å². The van der Waals surface area contributed by atoms with Crippen molar-refractivity contribution >= 4 is 23.4 Å². The standard InChI is InChI=1S/C24H33NO6/c1-14(26)31-16-7-9-23(2)15(11-16)12-19(25-30-13-21(28)29-4)22-17-5-6-20(27)24(17,3)10-8-18(22)23/h12,16-18,22H,5-11,13H2,1-4H3/b25-19-/t16-,17?,18?,22?,23-,24-/m0/s1. The van der Waals surface area contributed by atoms with E-state index in [4.69, 9.17) is 9.57 Å². The van der Waals surface area contributed by atoms with Gasteiger partial charge in [-0.2, -0.15) is 0 Å². The molecule has 0 radical (unpaired) electrons. The van der Waals surface area contributed by atoms with Crippen molar-refractivity contribution in [2.75, 3.05) is 13.7 Å². The van der Waals surface area contributed by atoms with Crippen molar-refractivity contribution in [1.82, 2.24) is 0 Å². The van der Waals surface area contributed by atoms with Gasteiger partial charge in [0.2, 0.25) is 6.61 Å². The number of carbonyl (C=O) groups excluding carboxylic acids is 3. The highest BCUT2D eigenvalue weighted by Crippen LogP contribution is 2.63. The van der Waals surface area contributed by atoms with Gasteiger partial charge in [0.15, 0.2) is 0 Å². The molecule has 0 aromatic heterocycles. The average Bonchev–Trinajstić information content (AvgIpc) is 3.03. The maximum absolute atomic E-state index is 12.8. The minimum absolute atomic E-state index is 0.00431. The average molecular weight is 432 g/mol. The van der Waals surface area contributed by atoms with E-state index >= 15 is 0 Å². The summed E-state index contributed by atoms with van der Waals surface area (Å²) in [4.78, 5) is 41.2. The van der Waals surface area contributed by atoms with E-state index in [9.17, 15) is 14.4 Å². The Hall–Kier alpha value is -2.18. The Labute approximate surface area is 183 Å². The summed E-state index contributed by atoms with van der Waals surface area (Å²) >= 11 is 0. The molecular weight excluding hydrogens is 398 g/mol. The molecule has 0 saturated heterocycles. The van der Waals surface area contributed by atoms with Gasteiger partial charge in [-0.15, -0.1) is 0 Å². The van der Waals surface area contributed by atoms with Gasteiger partial charge in [-0.3, -0.25) is 9.59 Å². The van der Waals surface area contributed by atoms with Gasteiger partial charge < -0.3 is 14.3 Å². The van der Waals surface area contributed by atoms with Crippen molar-refractivity contribution in [1.29, 1.82) is 0 Å². The number of ketones is 1. The summed E-state index contributed by atoms with van der Waals surface area (Å²) in [5.41, 5.74) is 1.74. The van der Waals surface area contributed by atoms with Gasteiger partial charge in [0.25, 0.3) is 0 Å². The topological polar surface area (TPSA) is 91.3 Å². The van der Waals surface area contributed by atoms with E-state index in [1.165, 1.54) is 19.6 Å². The van der Waals surface area contributed by atoms with Gasteiger partial charge in [0.1, 0.15) is 11.9 Å². The predicted octanol–water partition coefficient (Wildman–Crippen LogP) is 3.61. The molecule has 31 heavy (non-hydrogen) atoms. The van der Waals surface area contributed by atoms with Crippen LogP contribution < -0.4 is 0 Å². The molecule has 3 saturated carbocycles. The van der Waals surface area contributed by atoms with Gasteiger partial charge in [-0.25, -0.2) is 4.79 Å². The smallest absolute Gasteiger partial charge is 0.346 e. The summed E-state index contributed by atoms with van der Waals surface area (Å²) in [6.45, 7) is 5.65. The van der Waals surface area contributed by atoms with Crippen LogP contribution in [0.2, 0.25) is 0 Å². The monoisotopic (exact) mass is 431 g/mol. The first-order valence-corrected chi connectivity index (χ1v) is 11.4. The Bertz CT molecular complexity index is 847. The van der Waals surface area contributed by atoms with Crippen LogP contribution >= 0.6 is 0 Å². The second kappa shape index (κ2) is 8.06. The summed E-state index contributed by atoms with van der Waals surface area (Å²) < 4.78 is 10.2. The Morgan fingerprint density at radius 1 is 1.13 bits per heavy atom. The number of carbonyl (C=O) groups is 3. The number of rotatable bonds is 4. The normalized spacial score (nSPS) is 40.3. The molecular formula is C24H33NO6. The fourth-order valence-electron chi connectivity index (χ4n) is 6.81. The molecule has 3 unspecified atom stereocenters. The maximum atomic E-state index is 12.8. The highest BCUT2D eigenvalue weighted by molar-refractivity contribution is 6.00. The fraction of sp³-hybridized carbons (Fsp3) is 0.750. The molecule has 4 aliphatic rings. The van der Waals surface area contributed by atoms with Gasteiger partial charge in [-0.1, -0.05) is 24.6 Å². The number of fused-ring (bicyclic) bond motifs is 5. The molecule has 0 heterocycles. The van der Waals surface area contributed by atoms with Crippen LogP contribution in [-0.2, 0) is 28.7 Å². The molecule has 7 heteroatoms. The lowest BCUT2D eigenvalue weighted by Gasteiger charge is -2.56. The minimum Gasteiger partial charge on any atom is -0.466 e. The third kappa shape index (κ3) is 3.70. The number of hydrogen-bond donors (Lipinski definition) is 0. The largest absolute Gasteiger partial charge is 0.466 e. The Balaban J connectivity index is 1.70. The number of ether oxygens (including phenoxy) is 2. The lowest BCUT2D eigenvalue weighted by Crippen LogP contribution is -2.53. The summed E-state index contributed by atoms with van der Waals surface area (Å²) in [5, 5.41) is 4.40. The quantitative estimate of drug-likeness (QED) is 0.499. The summed E-state index contributed by atoms with van der Waals surface area (Å²) in [7, 11) is 1.32. The van der Waals surface area contributed by atoms with Crippen molar-refractivity contribution in [3.8, 4) is 0 Å². The van der Waals surface area contributed by atoms with Crippen LogP contribution in [0.1, 0.15) is 65.7 Å². The number of allylic oxidation sites excluding steroid dienone is 1. The summed E-state index contributed by atoms with van der Waals surface area (Å²) in [6, 6.07) is 0. The zero-order valence-corrected chi connectivity index (χ0v) is 18.9. The summed E-state index contributed by atoms with van der Waals surface area (Å²) in [5.74, 6) is 0.351. The van der Waals surface area contributed by atoms with Crippen LogP contribution in [0.5, 0.6) is 0 Å². The Kier molecular flexibility index (Phi) is 5.73. The van der Waals surface area contributed by atoms with E-state index in [0.29, 0.717) is 24.5 Å². The first-order chi connectivity index (χ1) is 14.7. The van der Waals surface area contributed by atoms with E-state index in [0.717, 1.165) is 37.8 Å². The number of esters is 2. The van der Waals surface area contributed by atoms with Gasteiger partial charge in [0.05, 0.1) is 12.8 Å². The summed E-state index contributed by atoms with van der Waals surface area (Å²) in [6.07, 6.45) is 7.85. The van der Waals surface area contributed by atoms with Crippen LogP contribution in [0.15, 0.2) is 16.8 Å². The maximum Gasteiger partial charge on any atom is 0.346 e. The van der Waals surface area contributed by atoms with Crippen LogP contribution in [0.4, 0.5) is 0 Å². The number of hydrogen-bond acceptors (Lipinski definition) is 7. The highest BCUT2D eigenvalue weighted by Gasteiger charge is 2.60. The third-order valence-electron chi connectivity index (χ3n) is 8.54. The zero-order chi connectivity index (χ0) is 22.4. The minimum atomic E-state index is -0.480. The van der Waals surface area contributed by atoms with E-state index < -0.39 is 5.97 Å². The lowest BCUT2D eigenvalue weighted by atomic mass is 9.47. The highest BCUT2D eigenvalue weighted by atomic mass is 16.6. The Morgan fingerprint density at radius 3 is 2.55 bits per heavy atom. The van der Waals surface area contributed by atoms with Crippen LogP contribution in [0.3, 0.4) is 0 Å². The molecule has 6 atom stereocenters. The molecule has 0 bridgehead atoms. The van der Waals surface area contributed by atoms with Crippen molar-refractivity contribution in [2.45, 2.75) is 71.8 Å². The molecule has 0 N–H and O–H groups in total. The molecule has 0 spiro atoms. The first-order valence-electron chi connectivity index (χ1n) is 11.4. The number of methoxy groups -OCH3 is 1. The molecule has 7 nitrogen and oxygen atoms in total. The second-order valence-corrected chi connectivity index (χ2v) is 10.1. The van der Waals surface area contributed by atoms with Crippen LogP contribution in [-0.4, -0.2) is 43.3 Å². The molecule has 4 aliphatic carbocycles. The van der Waals surface area contributed by atoms with Crippen LogP contribution in [0.25, 0.3) is 0 Å². The molecule has 170 valence electrons. The van der Waals surface area contributed by atoms with E-state index in [-0.39, 0.29) is 41.3 Å². The van der Waals surface area contributed by atoms with Crippen molar-refractivity contribution in [3.05, 3.63) is 11.6 Å². The first kappa shape index (κ1) is 22.0. The van der Waals surface area contributed by atoms with Crippen molar-refractivity contribution < 1.29 is 28.7 Å².